The number of anilines is 2. The number of carbonyl (C=O) groups is 4. The number of nitrogens with one attached hydrogen (secondary N) is 3. The summed E-state index contributed by atoms with van der Waals surface area (Å²) in [6.45, 7) is 5.69. The number of nitrogens with two attached hydrogens (primary N) is 1. The quantitative estimate of drug-likeness (QED) is 0.0520. The van der Waals surface area contributed by atoms with Crippen LogP contribution < -0.4 is 26.4 Å². The number of carbonyl (C=O) groups excluding carboxylic acids is 4. The Balaban J connectivity index is 0.000000339. The zero-order valence-electron chi connectivity index (χ0n) is 50.9. The molecule has 8 aromatic rings. The van der Waals surface area contributed by atoms with Gasteiger partial charge >= 0.3 is 0 Å². The van der Waals surface area contributed by atoms with E-state index in [9.17, 15) is 36.0 Å². The maximum absolute atomic E-state index is 13.1. The van der Waals surface area contributed by atoms with Crippen LogP contribution in [0.2, 0.25) is 13.4 Å². The summed E-state index contributed by atoms with van der Waals surface area (Å²) in [5.74, 6) is -1.22. The van der Waals surface area contributed by atoms with Gasteiger partial charge in [0.25, 0.3) is 28.8 Å². The topological polar surface area (TPSA) is 313 Å². The van der Waals surface area contributed by atoms with Gasteiger partial charge in [-0.25, -0.2) is 36.8 Å². The van der Waals surface area contributed by atoms with Crippen molar-refractivity contribution in [3.8, 4) is 5.19 Å². The Hall–Kier alpha value is -6.10. The molecule has 7 N–H and O–H groups in total. The van der Waals surface area contributed by atoms with Gasteiger partial charge in [-0.2, -0.15) is 0 Å². The lowest BCUT2D eigenvalue weighted by Crippen LogP contribution is -2.26. The molecule has 33 heteroatoms. The number of aliphatic hydroxyl groups excluding tert-OH is 2. The number of fused-ring (bicyclic) bond motifs is 4. The summed E-state index contributed by atoms with van der Waals surface area (Å²) in [4.78, 5) is 77.4. The molecule has 0 saturated heterocycles. The van der Waals surface area contributed by atoms with Gasteiger partial charge in [0.15, 0.2) is 13.4 Å². The number of halogens is 4. The maximum Gasteiger partial charge on any atom is 0.273 e. The number of sulfone groups is 2. The zero-order valence-corrected chi connectivity index (χ0v) is 58.9. The molecule has 2 aliphatic heterocycles. The minimum atomic E-state index is -3.92. The van der Waals surface area contributed by atoms with Crippen LogP contribution >= 0.6 is 91.8 Å². The summed E-state index contributed by atoms with van der Waals surface area (Å²) in [6, 6.07) is 20.4. The van der Waals surface area contributed by atoms with Crippen molar-refractivity contribution >= 4 is 146 Å². The van der Waals surface area contributed by atoms with Crippen LogP contribution in [0.1, 0.15) is 75.3 Å². The average Bonchev–Trinajstić information content (AvgIpc) is 1.55. The van der Waals surface area contributed by atoms with Crippen LogP contribution in [0, 0.1) is 0 Å². The molecule has 500 valence electrons. The van der Waals surface area contributed by atoms with Gasteiger partial charge in [0, 0.05) is 95.8 Å². The molecule has 4 amide bonds. The highest BCUT2D eigenvalue weighted by atomic mass is 35.5. The van der Waals surface area contributed by atoms with Gasteiger partial charge < -0.3 is 56.2 Å². The van der Waals surface area contributed by atoms with E-state index >= 15 is 0 Å². The van der Waals surface area contributed by atoms with Crippen LogP contribution in [0.4, 0.5) is 11.4 Å². The Morgan fingerprint density at radius 2 is 0.989 bits per heavy atom. The third-order valence-corrected chi connectivity index (χ3v) is 20.2. The van der Waals surface area contributed by atoms with Crippen molar-refractivity contribution in [1.29, 1.82) is 0 Å². The van der Waals surface area contributed by atoms with E-state index in [-0.39, 0.29) is 85.7 Å². The van der Waals surface area contributed by atoms with Crippen molar-refractivity contribution in [2.24, 2.45) is 5.73 Å². The molecule has 0 fully saturated rings. The molecule has 92 heavy (non-hydrogen) atoms. The fraction of sp³-hybridized carbons (Fsp3) is 0.322. The predicted molar refractivity (Wildman–Crippen MR) is 369 cm³/mol. The van der Waals surface area contributed by atoms with E-state index in [4.69, 9.17) is 61.4 Å². The van der Waals surface area contributed by atoms with E-state index in [2.05, 4.69) is 41.6 Å². The molecule has 0 aliphatic carbocycles. The molecule has 0 spiro atoms. The Labute approximate surface area is 573 Å². The number of aliphatic hydroxyl groups is 2. The van der Waals surface area contributed by atoms with Crippen LogP contribution in [-0.2, 0) is 45.2 Å². The molecule has 4 aromatic heterocycles. The van der Waals surface area contributed by atoms with Gasteiger partial charge in [-0.3, -0.25) is 19.2 Å². The number of likely N-dealkylation sites (N-methyl/N-ethyl adjacent to an activating group) is 2. The van der Waals surface area contributed by atoms with Crippen molar-refractivity contribution in [2.75, 3.05) is 99.9 Å². The third kappa shape index (κ3) is 23.7. The molecular formula is C59H74Cl4N12O11S6. The number of hydrogen-bond acceptors (Lipinski definition) is 23. The summed E-state index contributed by atoms with van der Waals surface area (Å²) in [6.07, 6.45) is 6.72. The highest BCUT2D eigenvalue weighted by Gasteiger charge is 2.33. The van der Waals surface area contributed by atoms with E-state index in [1.165, 1.54) is 128 Å². The number of alkyl halides is 1. The minimum absolute atomic E-state index is 0. The summed E-state index contributed by atoms with van der Waals surface area (Å²) in [5.41, 5.74) is 5.30. The predicted octanol–water partition coefficient (Wildman–Crippen LogP) is 10.0. The number of amides is 4. The molecule has 4 aromatic carbocycles. The lowest BCUT2D eigenvalue weighted by molar-refractivity contribution is 0.0779. The third-order valence-electron chi connectivity index (χ3n) is 11.8. The normalized spacial score (nSPS) is 12.5. The number of benzene rings is 4. The van der Waals surface area contributed by atoms with E-state index in [0.717, 1.165) is 34.3 Å². The largest absolute Gasteiger partial charge is 0.469 e. The van der Waals surface area contributed by atoms with Gasteiger partial charge in [-0.1, -0.05) is 77.8 Å². The standard InChI is InChI=1S/C23H24N4O5S2.C19H14ClN3O4S2.C5H7ClN2S.C4H3Cl2NS.C4H11NO.C2H6O.CH5N.CH4/c1-26(2)10-11-32-23-24-13-16(33-23)14-27(3)22(29)15-8-9-20-18(12-15)25-21(28)17-6-4-5-7-19(17)34(20,30)31;1-23(10-12-9-21-19(20)28-12)18(25)11-6-7-16-14(8-11)22-17(24)13-4-2-3-5-15(13)29(16,26)27;1-7-2-4-3-8-5(6)9-4;5-1-3-2-7-4(6)8-3;1-5(2)3-4-6;1-2-3;1-2;/h4-9,12-13H,10-11,14H2,1-3H3,(H,25,28);2-9H,10H2,1H3,(H,22,24);3,7H,2H2,1H3;2H,1H2;6H,3-4H2,1-2H3;3H,2H2,1H3;2H2,1H3;1H4. The van der Waals surface area contributed by atoms with Gasteiger partial charge in [0.05, 0.1) is 67.7 Å². The Kier molecular flexibility index (Phi) is 34.5. The SMILES string of the molecule is C.CCO.CN.CN(C)CCO.CN(C)CCOc1ncc(CN(C)C(=O)c2ccc3c(c2)NC(=O)c2ccccc2S3(=O)=O)s1.CN(Cc1cnc(Cl)s1)C(=O)c1ccc2c(c1)NC(=O)c1ccccc1S2(=O)=O.CNCc1cnc(Cl)s1.ClCc1cnc(Cl)s1. The summed E-state index contributed by atoms with van der Waals surface area (Å²) in [7, 11) is 6.59. The first-order chi connectivity index (χ1) is 43.3. The Morgan fingerprint density at radius 3 is 1.35 bits per heavy atom. The summed E-state index contributed by atoms with van der Waals surface area (Å²) < 4.78 is 59.5. The average molecular weight is 1460 g/mol. The second kappa shape index (κ2) is 39.6. The zero-order chi connectivity index (χ0) is 67.6. The van der Waals surface area contributed by atoms with E-state index in [1.807, 2.05) is 45.0 Å². The minimum Gasteiger partial charge on any atom is -0.469 e. The molecule has 0 bridgehead atoms. The van der Waals surface area contributed by atoms with E-state index in [1.54, 1.807) is 70.1 Å². The van der Waals surface area contributed by atoms with Crippen molar-refractivity contribution in [3.05, 3.63) is 165 Å². The lowest BCUT2D eigenvalue weighted by atomic mass is 10.1. The van der Waals surface area contributed by atoms with Crippen molar-refractivity contribution in [1.82, 2.24) is 44.9 Å². The maximum atomic E-state index is 13.1. The number of ether oxygens (including phenoxy) is 1. The van der Waals surface area contributed by atoms with E-state index in [0.29, 0.717) is 44.2 Å². The van der Waals surface area contributed by atoms with Gasteiger partial charge in [-0.15, -0.1) is 45.6 Å². The first-order valence-electron chi connectivity index (χ1n) is 27.1. The highest BCUT2D eigenvalue weighted by Crippen LogP contribution is 2.36. The molecule has 0 radical (unpaired) electrons. The highest BCUT2D eigenvalue weighted by molar-refractivity contribution is 7.92. The molecular weight excluding hydrogens is 1390 g/mol. The van der Waals surface area contributed by atoms with Crippen LogP contribution in [-0.4, -0.2) is 180 Å². The lowest BCUT2D eigenvalue weighted by Gasteiger charge is -2.17. The van der Waals surface area contributed by atoms with Crippen LogP contribution in [0.25, 0.3) is 0 Å². The van der Waals surface area contributed by atoms with Gasteiger partial charge in [0.2, 0.25) is 19.7 Å². The molecule has 0 atom stereocenters. The Bertz CT molecular complexity index is 3910. The molecule has 2 aliphatic rings. The number of thiazole rings is 4. The second-order valence-corrected chi connectivity index (χ2v) is 29.4. The summed E-state index contributed by atoms with van der Waals surface area (Å²) >= 11 is 27.9. The fourth-order valence-electron chi connectivity index (χ4n) is 7.62. The number of hydrogen-bond donors (Lipinski definition) is 6. The van der Waals surface area contributed by atoms with E-state index < -0.39 is 31.5 Å². The van der Waals surface area contributed by atoms with Crippen molar-refractivity contribution in [2.45, 2.75) is 59.4 Å². The van der Waals surface area contributed by atoms with Crippen molar-refractivity contribution in [3.63, 3.8) is 0 Å². The molecule has 23 nitrogen and oxygen atoms in total. The second-order valence-electron chi connectivity index (χ2n) is 19.1. The first kappa shape index (κ1) is 80.1. The van der Waals surface area contributed by atoms with Crippen molar-refractivity contribution < 1.29 is 51.0 Å². The van der Waals surface area contributed by atoms with Crippen LogP contribution in [0.3, 0.4) is 0 Å². The van der Waals surface area contributed by atoms with Gasteiger partial charge in [0.1, 0.15) is 6.61 Å². The molecule has 0 saturated carbocycles. The smallest absolute Gasteiger partial charge is 0.273 e. The molecule has 10 rings (SSSR count). The molecule has 6 heterocycles. The first-order valence-corrected chi connectivity index (χ1v) is 35.0. The number of rotatable bonds is 15. The Morgan fingerprint density at radius 1 is 0.598 bits per heavy atom. The van der Waals surface area contributed by atoms with Crippen LogP contribution in [0.5, 0.6) is 5.19 Å². The molecule has 0 unspecified atom stereocenters. The monoisotopic (exact) mass is 1460 g/mol. The number of nitrogens with zero attached hydrogens (tertiary/aromatic N) is 8. The fourth-order valence-corrected chi connectivity index (χ4v) is 14.7. The van der Waals surface area contributed by atoms with Crippen LogP contribution in [0.15, 0.2) is 129 Å². The summed E-state index contributed by atoms with van der Waals surface area (Å²) in [5, 5.41) is 24.6. The number of aromatic nitrogens is 4. The van der Waals surface area contributed by atoms with Gasteiger partial charge in [-0.05, 0) is 110 Å².